The number of allylic oxidation sites excluding steroid dienone is 8. The van der Waals surface area contributed by atoms with E-state index in [2.05, 4.69) is 69.4 Å². The van der Waals surface area contributed by atoms with E-state index in [-0.39, 0.29) is 24.1 Å². The van der Waals surface area contributed by atoms with Gasteiger partial charge in [0, 0.05) is 18.8 Å². The topological polar surface area (TPSA) is 52.6 Å². The maximum absolute atomic E-state index is 12.5. The Bertz CT molecular complexity index is 839. The Hall–Kier alpha value is -2.10. The Morgan fingerprint density at radius 2 is 0.891 bits per heavy atom. The van der Waals surface area contributed by atoms with Crippen molar-refractivity contribution >= 4 is 11.9 Å². The van der Waals surface area contributed by atoms with Crippen molar-refractivity contribution in [1.82, 2.24) is 0 Å². The fourth-order valence-electron chi connectivity index (χ4n) is 5.96. The van der Waals surface area contributed by atoms with Gasteiger partial charge in [-0.15, -0.1) is 0 Å². The molecule has 0 heterocycles. The number of carbonyl (C=O) groups excluding carboxylic acids is 2. The van der Waals surface area contributed by atoms with E-state index >= 15 is 0 Å². The summed E-state index contributed by atoms with van der Waals surface area (Å²) in [6.45, 7) is 6.61. The highest BCUT2D eigenvalue weighted by Crippen LogP contribution is 2.36. The summed E-state index contributed by atoms with van der Waals surface area (Å²) in [7, 11) is 0. The van der Waals surface area contributed by atoms with Gasteiger partial charge in [0.2, 0.25) is 0 Å². The van der Waals surface area contributed by atoms with E-state index in [1.54, 1.807) is 0 Å². The van der Waals surface area contributed by atoms with Crippen LogP contribution < -0.4 is 0 Å². The van der Waals surface area contributed by atoms with Crippen LogP contribution in [0, 0.1) is 5.92 Å². The molecule has 4 heteroatoms. The van der Waals surface area contributed by atoms with Gasteiger partial charge in [0.25, 0.3) is 0 Å². The second-order valence-electron chi connectivity index (χ2n) is 13.3. The highest BCUT2D eigenvalue weighted by molar-refractivity contribution is 5.71. The van der Waals surface area contributed by atoms with Crippen molar-refractivity contribution in [2.45, 2.75) is 200 Å². The summed E-state index contributed by atoms with van der Waals surface area (Å²) < 4.78 is 11.6. The number of esters is 2. The average molecular weight is 641 g/mol. The van der Waals surface area contributed by atoms with Gasteiger partial charge in [-0.1, -0.05) is 134 Å². The fraction of sp³-hybridized carbons (Fsp3) is 0.762. The summed E-state index contributed by atoms with van der Waals surface area (Å²) in [5.74, 6) is 0.0332. The van der Waals surface area contributed by atoms with Crippen LogP contribution in [0.15, 0.2) is 48.6 Å². The van der Waals surface area contributed by atoms with Crippen molar-refractivity contribution < 1.29 is 19.1 Å². The van der Waals surface area contributed by atoms with Crippen LogP contribution in [0.5, 0.6) is 0 Å². The van der Waals surface area contributed by atoms with Crippen molar-refractivity contribution in [3.8, 4) is 0 Å². The molecule has 1 rings (SSSR count). The summed E-state index contributed by atoms with van der Waals surface area (Å²) in [5.41, 5.74) is 0. The third-order valence-corrected chi connectivity index (χ3v) is 9.10. The van der Waals surface area contributed by atoms with Crippen LogP contribution >= 0.6 is 0 Å². The molecule has 0 amide bonds. The molecular formula is C42H72O4. The van der Waals surface area contributed by atoms with Gasteiger partial charge in [0.1, 0.15) is 12.2 Å². The molecule has 1 saturated carbocycles. The number of ether oxygens (including phenoxy) is 2. The van der Waals surface area contributed by atoms with E-state index in [1.807, 2.05) is 0 Å². The monoisotopic (exact) mass is 641 g/mol. The molecular weight excluding hydrogens is 568 g/mol. The molecule has 0 aromatic heterocycles. The van der Waals surface area contributed by atoms with Crippen molar-refractivity contribution in [1.29, 1.82) is 0 Å². The highest BCUT2D eigenvalue weighted by atomic mass is 16.6. The van der Waals surface area contributed by atoms with Crippen LogP contribution in [0.4, 0.5) is 0 Å². The third kappa shape index (κ3) is 24.1. The molecule has 0 spiro atoms. The number of hydrogen-bond acceptors (Lipinski definition) is 4. The standard InChI is InChI=1S/C42H72O4/c1-4-7-9-11-13-15-17-19-21-23-25-27-29-31-33-35-40(43)45-39-37-38(6-3)42(39)46-41(44)36-34-32-30-28-26-24-22-20-18-16-14-12-10-8-5-2/h13-16,19-22,38-39,42H,4-12,17-18,23-37H2,1-3H3/b15-13-,16-14-,21-19-,22-20-/t38-,39+,42-/m1/s1. The third-order valence-electron chi connectivity index (χ3n) is 9.10. The first-order valence-corrected chi connectivity index (χ1v) is 19.6. The lowest BCUT2D eigenvalue weighted by atomic mass is 9.77. The summed E-state index contributed by atoms with van der Waals surface area (Å²) in [6, 6.07) is 0. The van der Waals surface area contributed by atoms with Crippen molar-refractivity contribution in [3.05, 3.63) is 48.6 Å². The highest BCUT2D eigenvalue weighted by Gasteiger charge is 2.45. The molecule has 1 aliphatic rings. The van der Waals surface area contributed by atoms with Gasteiger partial charge in [-0.2, -0.15) is 0 Å². The van der Waals surface area contributed by atoms with Crippen LogP contribution in [0.3, 0.4) is 0 Å². The van der Waals surface area contributed by atoms with Crippen LogP contribution in [0.2, 0.25) is 0 Å². The minimum Gasteiger partial charge on any atom is -0.458 e. The predicted molar refractivity (Wildman–Crippen MR) is 197 cm³/mol. The number of carbonyl (C=O) groups is 2. The lowest BCUT2D eigenvalue weighted by Gasteiger charge is -2.42. The molecule has 0 radical (unpaired) electrons. The van der Waals surface area contributed by atoms with Gasteiger partial charge in [0.05, 0.1) is 0 Å². The fourth-order valence-corrected chi connectivity index (χ4v) is 5.96. The van der Waals surface area contributed by atoms with Gasteiger partial charge < -0.3 is 9.47 Å². The van der Waals surface area contributed by atoms with E-state index in [9.17, 15) is 9.59 Å². The van der Waals surface area contributed by atoms with Gasteiger partial charge in [-0.05, 0) is 89.9 Å². The zero-order valence-electron chi connectivity index (χ0n) is 30.4. The van der Waals surface area contributed by atoms with Crippen molar-refractivity contribution in [3.63, 3.8) is 0 Å². The van der Waals surface area contributed by atoms with Gasteiger partial charge >= 0.3 is 11.9 Å². The molecule has 1 aliphatic carbocycles. The minimum atomic E-state index is -0.260. The molecule has 4 nitrogen and oxygen atoms in total. The van der Waals surface area contributed by atoms with Gasteiger partial charge in [-0.3, -0.25) is 9.59 Å². The second-order valence-corrected chi connectivity index (χ2v) is 13.3. The Morgan fingerprint density at radius 3 is 1.33 bits per heavy atom. The smallest absolute Gasteiger partial charge is 0.306 e. The SMILES string of the molecule is CCCCC/C=C\C/C=C\CCCCCCCC(=O)O[C@@H]1[C@H](CC)C[C@@H]1OC(=O)CCCCCCC/C=C\C/C=C\CCCCC. The van der Waals surface area contributed by atoms with Crippen LogP contribution in [0.25, 0.3) is 0 Å². The zero-order valence-corrected chi connectivity index (χ0v) is 30.4. The molecule has 0 bridgehead atoms. The molecule has 0 aromatic rings. The Balaban J connectivity index is 2.03. The van der Waals surface area contributed by atoms with Crippen LogP contribution in [-0.4, -0.2) is 24.1 Å². The molecule has 264 valence electrons. The normalized spacial score (nSPS) is 18.3. The first-order chi connectivity index (χ1) is 22.6. The minimum absolute atomic E-state index is 0.136. The molecule has 0 saturated heterocycles. The van der Waals surface area contributed by atoms with Crippen LogP contribution in [0.1, 0.15) is 188 Å². The van der Waals surface area contributed by atoms with E-state index in [0.29, 0.717) is 18.8 Å². The van der Waals surface area contributed by atoms with Crippen molar-refractivity contribution in [2.75, 3.05) is 0 Å². The summed E-state index contributed by atoms with van der Waals surface area (Å²) in [6.07, 6.45) is 46.2. The summed E-state index contributed by atoms with van der Waals surface area (Å²) in [5, 5.41) is 0. The summed E-state index contributed by atoms with van der Waals surface area (Å²) >= 11 is 0. The first kappa shape index (κ1) is 41.9. The molecule has 0 N–H and O–H groups in total. The van der Waals surface area contributed by atoms with Crippen molar-refractivity contribution in [2.24, 2.45) is 5.92 Å². The number of hydrogen-bond donors (Lipinski definition) is 0. The van der Waals surface area contributed by atoms with E-state index < -0.39 is 0 Å². The Kier molecular flexibility index (Phi) is 28.7. The maximum atomic E-state index is 12.5. The largest absolute Gasteiger partial charge is 0.458 e. The molecule has 0 aliphatic heterocycles. The lowest BCUT2D eigenvalue weighted by Crippen LogP contribution is -2.51. The number of rotatable bonds is 31. The Morgan fingerprint density at radius 1 is 0.500 bits per heavy atom. The molecule has 0 unspecified atom stereocenters. The molecule has 1 fully saturated rings. The van der Waals surface area contributed by atoms with E-state index in [1.165, 1.54) is 77.0 Å². The average Bonchev–Trinajstić information content (AvgIpc) is 3.05. The Labute approximate surface area is 284 Å². The molecule has 0 aromatic carbocycles. The second kappa shape index (κ2) is 31.5. The van der Waals surface area contributed by atoms with E-state index in [4.69, 9.17) is 9.47 Å². The maximum Gasteiger partial charge on any atom is 0.306 e. The quantitative estimate of drug-likeness (QED) is 0.0430. The van der Waals surface area contributed by atoms with E-state index in [0.717, 1.165) is 77.0 Å². The van der Waals surface area contributed by atoms with Gasteiger partial charge in [0.15, 0.2) is 0 Å². The molecule has 46 heavy (non-hydrogen) atoms. The van der Waals surface area contributed by atoms with Crippen LogP contribution in [-0.2, 0) is 19.1 Å². The molecule has 3 atom stereocenters. The lowest BCUT2D eigenvalue weighted by molar-refractivity contribution is -0.193. The first-order valence-electron chi connectivity index (χ1n) is 19.6. The zero-order chi connectivity index (χ0) is 33.3. The summed E-state index contributed by atoms with van der Waals surface area (Å²) in [4.78, 5) is 25.0. The van der Waals surface area contributed by atoms with Gasteiger partial charge in [-0.25, -0.2) is 0 Å². The number of unbranched alkanes of at least 4 members (excludes halogenated alkanes) is 16. The predicted octanol–water partition coefficient (Wildman–Crippen LogP) is 12.9.